The van der Waals surface area contributed by atoms with Crippen LogP contribution in [-0.4, -0.2) is 18.6 Å². The lowest BCUT2D eigenvalue weighted by atomic mass is 9.91. The zero-order valence-electron chi connectivity index (χ0n) is 9.63. The molecular weight excluding hydrogens is 252 g/mol. The molecule has 0 aliphatic carbocycles. The van der Waals surface area contributed by atoms with Gasteiger partial charge in [0.1, 0.15) is 0 Å². The highest BCUT2D eigenvalue weighted by Gasteiger charge is 2.13. The van der Waals surface area contributed by atoms with Gasteiger partial charge in [0.15, 0.2) is 0 Å². The monoisotopic (exact) mass is 270 g/mol. The summed E-state index contributed by atoms with van der Waals surface area (Å²) in [5, 5.41) is 3.24. The lowest BCUT2D eigenvalue weighted by molar-refractivity contribution is 0.367. The van der Waals surface area contributed by atoms with Gasteiger partial charge in [0, 0.05) is 16.4 Å². The van der Waals surface area contributed by atoms with Gasteiger partial charge in [-0.15, -0.1) is 0 Å². The summed E-state index contributed by atoms with van der Waals surface area (Å²) in [6, 6.07) is 4.15. The minimum Gasteiger partial charge on any atom is -0.319 e. The summed E-state index contributed by atoms with van der Waals surface area (Å²) < 4.78 is 1.04. The Kier molecular flexibility index (Phi) is 5.26. The molecule has 0 radical (unpaired) electrons. The molecule has 1 N–H and O–H groups in total. The third-order valence-electron chi connectivity index (χ3n) is 2.67. The molecule has 0 aromatic carbocycles. The van der Waals surface area contributed by atoms with Crippen LogP contribution in [0.1, 0.15) is 19.5 Å². The van der Waals surface area contributed by atoms with Gasteiger partial charge in [-0.1, -0.05) is 13.8 Å². The number of hydrogen-bond donors (Lipinski definition) is 1. The SMILES string of the molecule is CNCC(Cc1ccc(Br)cn1)C(C)C. The van der Waals surface area contributed by atoms with E-state index < -0.39 is 0 Å². The van der Waals surface area contributed by atoms with E-state index in [1.54, 1.807) is 0 Å². The molecule has 0 saturated heterocycles. The van der Waals surface area contributed by atoms with Gasteiger partial charge in [-0.25, -0.2) is 0 Å². The van der Waals surface area contributed by atoms with Crippen LogP contribution in [0.15, 0.2) is 22.8 Å². The lowest BCUT2D eigenvalue weighted by Gasteiger charge is -2.19. The van der Waals surface area contributed by atoms with Crippen LogP contribution in [0, 0.1) is 11.8 Å². The summed E-state index contributed by atoms with van der Waals surface area (Å²) in [6.07, 6.45) is 2.91. The Labute approximate surface area is 101 Å². The van der Waals surface area contributed by atoms with E-state index in [-0.39, 0.29) is 0 Å². The van der Waals surface area contributed by atoms with E-state index in [1.807, 2.05) is 13.2 Å². The van der Waals surface area contributed by atoms with Crippen LogP contribution in [0.25, 0.3) is 0 Å². The Hall–Kier alpha value is -0.410. The van der Waals surface area contributed by atoms with E-state index in [4.69, 9.17) is 0 Å². The van der Waals surface area contributed by atoms with Crippen molar-refractivity contribution in [1.29, 1.82) is 0 Å². The maximum absolute atomic E-state index is 4.41. The van der Waals surface area contributed by atoms with Gasteiger partial charge in [0.2, 0.25) is 0 Å². The van der Waals surface area contributed by atoms with Gasteiger partial charge in [-0.2, -0.15) is 0 Å². The molecular formula is C12H19BrN2. The highest BCUT2D eigenvalue weighted by Crippen LogP contribution is 2.16. The summed E-state index contributed by atoms with van der Waals surface area (Å²) in [4.78, 5) is 4.41. The van der Waals surface area contributed by atoms with Crippen LogP contribution >= 0.6 is 15.9 Å². The molecule has 2 nitrogen and oxygen atoms in total. The molecule has 1 heterocycles. The number of nitrogens with one attached hydrogen (secondary N) is 1. The second kappa shape index (κ2) is 6.23. The molecule has 1 rings (SSSR count). The smallest absolute Gasteiger partial charge is 0.0413 e. The Morgan fingerprint density at radius 1 is 1.40 bits per heavy atom. The van der Waals surface area contributed by atoms with E-state index >= 15 is 0 Å². The first kappa shape index (κ1) is 12.7. The summed E-state index contributed by atoms with van der Waals surface area (Å²) in [5.74, 6) is 1.34. The molecule has 0 saturated carbocycles. The first-order valence-corrected chi connectivity index (χ1v) is 6.17. The molecule has 84 valence electrons. The average molecular weight is 271 g/mol. The minimum absolute atomic E-state index is 0.656. The van der Waals surface area contributed by atoms with Gasteiger partial charge in [0.25, 0.3) is 0 Å². The highest BCUT2D eigenvalue weighted by atomic mass is 79.9. The van der Waals surface area contributed by atoms with Crippen LogP contribution in [-0.2, 0) is 6.42 Å². The van der Waals surface area contributed by atoms with Crippen molar-refractivity contribution in [2.75, 3.05) is 13.6 Å². The first-order chi connectivity index (χ1) is 7.13. The second-order valence-corrected chi connectivity index (χ2v) is 5.15. The number of aromatic nitrogens is 1. The molecule has 0 amide bonds. The summed E-state index contributed by atoms with van der Waals surface area (Å²) >= 11 is 3.40. The maximum Gasteiger partial charge on any atom is 0.0413 e. The van der Waals surface area contributed by atoms with Crippen molar-refractivity contribution in [3.8, 4) is 0 Å². The van der Waals surface area contributed by atoms with Crippen molar-refractivity contribution in [3.63, 3.8) is 0 Å². The Morgan fingerprint density at radius 2 is 2.13 bits per heavy atom. The third-order valence-corrected chi connectivity index (χ3v) is 3.14. The fraction of sp³-hybridized carbons (Fsp3) is 0.583. The molecule has 15 heavy (non-hydrogen) atoms. The second-order valence-electron chi connectivity index (χ2n) is 4.23. The first-order valence-electron chi connectivity index (χ1n) is 5.38. The van der Waals surface area contributed by atoms with E-state index in [0.717, 1.165) is 17.4 Å². The van der Waals surface area contributed by atoms with Crippen LogP contribution in [0.4, 0.5) is 0 Å². The summed E-state index contributed by atoms with van der Waals surface area (Å²) in [6.45, 7) is 5.58. The predicted molar refractivity (Wildman–Crippen MR) is 67.9 cm³/mol. The summed E-state index contributed by atoms with van der Waals surface area (Å²) in [7, 11) is 2.00. The highest BCUT2D eigenvalue weighted by molar-refractivity contribution is 9.10. The molecule has 3 heteroatoms. The van der Waals surface area contributed by atoms with Crippen LogP contribution in [0.2, 0.25) is 0 Å². The molecule has 0 fully saturated rings. The molecule has 0 spiro atoms. The van der Waals surface area contributed by atoms with Gasteiger partial charge in [-0.05, 0) is 59.9 Å². The standard InChI is InChI=1S/C12H19BrN2/c1-9(2)10(7-14-3)6-12-5-4-11(13)8-15-12/h4-5,8-10,14H,6-7H2,1-3H3. The van der Waals surface area contributed by atoms with Gasteiger partial charge in [0.05, 0.1) is 0 Å². The van der Waals surface area contributed by atoms with Crippen molar-refractivity contribution in [1.82, 2.24) is 10.3 Å². The number of halogens is 1. The molecule has 0 bridgehead atoms. The topological polar surface area (TPSA) is 24.9 Å². The molecule has 1 atom stereocenters. The summed E-state index contributed by atoms with van der Waals surface area (Å²) in [5.41, 5.74) is 1.17. The quantitative estimate of drug-likeness (QED) is 0.890. The maximum atomic E-state index is 4.41. The Balaban J connectivity index is 2.61. The molecule has 1 aromatic rings. The van der Waals surface area contributed by atoms with E-state index in [0.29, 0.717) is 11.8 Å². The zero-order valence-corrected chi connectivity index (χ0v) is 11.2. The lowest BCUT2D eigenvalue weighted by Crippen LogP contribution is -2.25. The Morgan fingerprint density at radius 3 is 2.60 bits per heavy atom. The molecule has 1 unspecified atom stereocenters. The van der Waals surface area contributed by atoms with Crippen molar-refractivity contribution < 1.29 is 0 Å². The van der Waals surface area contributed by atoms with Crippen LogP contribution in [0.3, 0.4) is 0 Å². The van der Waals surface area contributed by atoms with E-state index in [9.17, 15) is 0 Å². The van der Waals surface area contributed by atoms with Crippen molar-refractivity contribution >= 4 is 15.9 Å². The number of nitrogens with zero attached hydrogens (tertiary/aromatic N) is 1. The van der Waals surface area contributed by atoms with E-state index in [2.05, 4.69) is 52.2 Å². The minimum atomic E-state index is 0.656. The van der Waals surface area contributed by atoms with Gasteiger partial charge >= 0.3 is 0 Å². The zero-order chi connectivity index (χ0) is 11.3. The number of pyridine rings is 1. The molecule has 1 aromatic heterocycles. The number of rotatable bonds is 5. The van der Waals surface area contributed by atoms with Crippen LogP contribution < -0.4 is 5.32 Å². The largest absolute Gasteiger partial charge is 0.319 e. The van der Waals surface area contributed by atoms with Crippen molar-refractivity contribution in [3.05, 3.63) is 28.5 Å². The fourth-order valence-electron chi connectivity index (χ4n) is 1.60. The predicted octanol–water partition coefficient (Wildman–Crippen LogP) is 2.88. The van der Waals surface area contributed by atoms with Gasteiger partial charge in [-0.3, -0.25) is 4.98 Å². The molecule has 0 aliphatic rings. The Bertz CT molecular complexity index is 282. The van der Waals surface area contributed by atoms with Crippen molar-refractivity contribution in [2.24, 2.45) is 11.8 Å². The fourth-order valence-corrected chi connectivity index (χ4v) is 1.84. The molecule has 0 aliphatic heterocycles. The van der Waals surface area contributed by atoms with Gasteiger partial charge < -0.3 is 5.32 Å². The number of hydrogen-bond acceptors (Lipinski definition) is 2. The van der Waals surface area contributed by atoms with Crippen LogP contribution in [0.5, 0.6) is 0 Å². The van der Waals surface area contributed by atoms with E-state index in [1.165, 1.54) is 5.69 Å². The van der Waals surface area contributed by atoms with Crippen molar-refractivity contribution in [2.45, 2.75) is 20.3 Å². The normalized spacial score (nSPS) is 13.1. The third kappa shape index (κ3) is 4.31. The average Bonchev–Trinajstić information content (AvgIpc) is 2.20.